The molecule has 1 aromatic carbocycles. The Morgan fingerprint density at radius 2 is 1.74 bits per heavy atom. The third kappa shape index (κ3) is 4.11. The number of nitrogens with one attached hydrogen (secondary N) is 1. The van der Waals surface area contributed by atoms with Crippen LogP contribution in [0.4, 0.5) is 0 Å². The van der Waals surface area contributed by atoms with Gasteiger partial charge in [0, 0.05) is 19.8 Å². The van der Waals surface area contributed by atoms with Crippen LogP contribution in [-0.4, -0.2) is 47.2 Å². The molecule has 0 bridgehead atoms. The Morgan fingerprint density at radius 1 is 1.11 bits per heavy atom. The predicted octanol–water partition coefficient (Wildman–Crippen LogP) is 1.05. The van der Waals surface area contributed by atoms with Crippen LogP contribution in [0.5, 0.6) is 11.5 Å². The number of ether oxygens (including phenoxy) is 4. The molecule has 0 aliphatic heterocycles. The van der Waals surface area contributed by atoms with Gasteiger partial charge in [0.2, 0.25) is 0 Å². The van der Waals surface area contributed by atoms with Gasteiger partial charge in [0.1, 0.15) is 0 Å². The minimum absolute atomic E-state index is 0.236. The van der Waals surface area contributed by atoms with E-state index in [2.05, 4.69) is 5.32 Å². The van der Waals surface area contributed by atoms with E-state index >= 15 is 0 Å². The topological polar surface area (TPSA) is 66.0 Å². The molecule has 0 aromatic heterocycles. The van der Waals surface area contributed by atoms with Crippen molar-refractivity contribution in [1.82, 2.24) is 5.32 Å². The standard InChI is InChI=1S/C13H19NO5/c1-16-10-6-5-9(7-11(10)17-2)13(15)14-8-12(18-3)19-4/h5-7,12H,8H2,1-4H3,(H,14,15). The molecular weight excluding hydrogens is 250 g/mol. The summed E-state index contributed by atoms with van der Waals surface area (Å²) in [5, 5.41) is 2.70. The van der Waals surface area contributed by atoms with Crippen molar-refractivity contribution >= 4 is 5.91 Å². The van der Waals surface area contributed by atoms with Crippen LogP contribution >= 0.6 is 0 Å². The molecule has 0 saturated carbocycles. The fourth-order valence-electron chi connectivity index (χ4n) is 1.52. The molecule has 1 rings (SSSR count). The maximum Gasteiger partial charge on any atom is 0.251 e. The molecule has 1 aromatic rings. The fraction of sp³-hybridized carbons (Fsp3) is 0.462. The number of carbonyl (C=O) groups is 1. The van der Waals surface area contributed by atoms with Gasteiger partial charge in [-0.25, -0.2) is 0 Å². The van der Waals surface area contributed by atoms with Crippen molar-refractivity contribution in [3.05, 3.63) is 23.8 Å². The Kier molecular flexibility index (Phi) is 6.11. The monoisotopic (exact) mass is 269 g/mol. The summed E-state index contributed by atoms with van der Waals surface area (Å²) in [4.78, 5) is 11.9. The zero-order chi connectivity index (χ0) is 14.3. The van der Waals surface area contributed by atoms with E-state index in [0.29, 0.717) is 17.1 Å². The maximum absolute atomic E-state index is 11.9. The van der Waals surface area contributed by atoms with Crippen molar-refractivity contribution in [2.45, 2.75) is 6.29 Å². The number of rotatable bonds is 7. The smallest absolute Gasteiger partial charge is 0.251 e. The van der Waals surface area contributed by atoms with Gasteiger partial charge in [0.05, 0.1) is 20.8 Å². The Labute approximate surface area is 112 Å². The lowest BCUT2D eigenvalue weighted by Gasteiger charge is -2.14. The van der Waals surface area contributed by atoms with E-state index in [1.807, 2.05) is 0 Å². The first-order valence-electron chi connectivity index (χ1n) is 5.72. The summed E-state index contributed by atoms with van der Waals surface area (Å²) >= 11 is 0. The van der Waals surface area contributed by atoms with E-state index in [0.717, 1.165) is 0 Å². The van der Waals surface area contributed by atoms with Crippen molar-refractivity contribution in [2.75, 3.05) is 35.0 Å². The minimum atomic E-state index is -0.468. The van der Waals surface area contributed by atoms with Crippen LogP contribution in [0.2, 0.25) is 0 Å². The van der Waals surface area contributed by atoms with Crippen LogP contribution in [0.15, 0.2) is 18.2 Å². The van der Waals surface area contributed by atoms with E-state index in [9.17, 15) is 4.79 Å². The first-order chi connectivity index (χ1) is 9.15. The zero-order valence-electron chi connectivity index (χ0n) is 11.6. The summed E-state index contributed by atoms with van der Waals surface area (Å²) in [6, 6.07) is 4.95. The van der Waals surface area contributed by atoms with Crippen LogP contribution < -0.4 is 14.8 Å². The molecule has 106 valence electrons. The molecular formula is C13H19NO5. The van der Waals surface area contributed by atoms with Gasteiger partial charge < -0.3 is 24.3 Å². The molecule has 19 heavy (non-hydrogen) atoms. The second-order valence-electron chi connectivity index (χ2n) is 3.68. The van der Waals surface area contributed by atoms with Crippen molar-refractivity contribution in [1.29, 1.82) is 0 Å². The highest BCUT2D eigenvalue weighted by Crippen LogP contribution is 2.27. The van der Waals surface area contributed by atoms with Crippen molar-refractivity contribution in [3.63, 3.8) is 0 Å². The number of benzene rings is 1. The van der Waals surface area contributed by atoms with Gasteiger partial charge >= 0.3 is 0 Å². The second kappa shape index (κ2) is 7.60. The van der Waals surface area contributed by atoms with E-state index in [1.54, 1.807) is 25.3 Å². The lowest BCUT2D eigenvalue weighted by molar-refractivity contribution is -0.0974. The van der Waals surface area contributed by atoms with E-state index in [1.165, 1.54) is 21.3 Å². The highest BCUT2D eigenvalue weighted by molar-refractivity contribution is 5.94. The molecule has 6 heteroatoms. The Bertz CT molecular complexity index is 417. The molecule has 0 aliphatic carbocycles. The molecule has 0 unspecified atom stereocenters. The normalized spacial score (nSPS) is 10.4. The summed E-state index contributed by atoms with van der Waals surface area (Å²) in [5.41, 5.74) is 0.476. The molecule has 0 fully saturated rings. The van der Waals surface area contributed by atoms with E-state index in [-0.39, 0.29) is 12.5 Å². The molecule has 0 heterocycles. The summed E-state index contributed by atoms with van der Waals surface area (Å²) in [7, 11) is 6.08. The zero-order valence-corrected chi connectivity index (χ0v) is 11.6. The molecule has 0 spiro atoms. The highest BCUT2D eigenvalue weighted by atomic mass is 16.7. The maximum atomic E-state index is 11.9. The SMILES string of the molecule is COc1ccc(C(=O)NCC(OC)OC)cc1OC. The third-order valence-corrected chi connectivity index (χ3v) is 2.60. The number of methoxy groups -OCH3 is 4. The quantitative estimate of drug-likeness (QED) is 0.750. The average molecular weight is 269 g/mol. The fourth-order valence-corrected chi connectivity index (χ4v) is 1.52. The van der Waals surface area contributed by atoms with Crippen molar-refractivity contribution in [3.8, 4) is 11.5 Å². The molecule has 1 N–H and O–H groups in total. The molecule has 1 amide bonds. The van der Waals surface area contributed by atoms with Gasteiger partial charge in [-0.1, -0.05) is 0 Å². The molecule has 6 nitrogen and oxygen atoms in total. The minimum Gasteiger partial charge on any atom is -0.493 e. The van der Waals surface area contributed by atoms with Crippen LogP contribution in [0.1, 0.15) is 10.4 Å². The van der Waals surface area contributed by atoms with Gasteiger partial charge in [-0.2, -0.15) is 0 Å². The van der Waals surface area contributed by atoms with Crippen LogP contribution in [-0.2, 0) is 9.47 Å². The largest absolute Gasteiger partial charge is 0.493 e. The van der Waals surface area contributed by atoms with Crippen LogP contribution in [0.3, 0.4) is 0 Å². The number of amides is 1. The summed E-state index contributed by atoms with van der Waals surface area (Å²) < 4.78 is 20.2. The van der Waals surface area contributed by atoms with Gasteiger partial charge in [-0.15, -0.1) is 0 Å². The summed E-state index contributed by atoms with van der Waals surface area (Å²) in [5.74, 6) is 0.843. The molecule has 0 radical (unpaired) electrons. The average Bonchev–Trinajstić information content (AvgIpc) is 2.47. The summed E-state index contributed by atoms with van der Waals surface area (Å²) in [6.07, 6.45) is -0.468. The number of hydrogen-bond donors (Lipinski definition) is 1. The van der Waals surface area contributed by atoms with Crippen LogP contribution in [0.25, 0.3) is 0 Å². The van der Waals surface area contributed by atoms with Gasteiger partial charge in [0.15, 0.2) is 17.8 Å². The first kappa shape index (κ1) is 15.3. The molecule has 0 saturated heterocycles. The second-order valence-corrected chi connectivity index (χ2v) is 3.68. The van der Waals surface area contributed by atoms with Crippen molar-refractivity contribution < 1.29 is 23.7 Å². The van der Waals surface area contributed by atoms with Gasteiger partial charge in [-0.05, 0) is 18.2 Å². The third-order valence-electron chi connectivity index (χ3n) is 2.60. The van der Waals surface area contributed by atoms with Gasteiger partial charge in [0.25, 0.3) is 5.91 Å². The lowest BCUT2D eigenvalue weighted by Crippen LogP contribution is -2.34. The summed E-state index contributed by atoms with van der Waals surface area (Å²) in [6.45, 7) is 0.264. The van der Waals surface area contributed by atoms with E-state index in [4.69, 9.17) is 18.9 Å². The van der Waals surface area contributed by atoms with Gasteiger partial charge in [-0.3, -0.25) is 4.79 Å². The number of hydrogen-bond acceptors (Lipinski definition) is 5. The van der Waals surface area contributed by atoms with Crippen molar-refractivity contribution in [2.24, 2.45) is 0 Å². The predicted molar refractivity (Wildman–Crippen MR) is 69.7 cm³/mol. The molecule has 0 atom stereocenters. The highest BCUT2D eigenvalue weighted by Gasteiger charge is 2.12. The van der Waals surface area contributed by atoms with E-state index < -0.39 is 6.29 Å². The van der Waals surface area contributed by atoms with Crippen LogP contribution in [0, 0.1) is 0 Å². The Balaban J connectivity index is 2.72. The number of carbonyl (C=O) groups excluding carboxylic acids is 1. The Hall–Kier alpha value is -1.79. The molecule has 0 aliphatic rings. The lowest BCUT2D eigenvalue weighted by atomic mass is 10.2. The first-order valence-corrected chi connectivity index (χ1v) is 5.72. The Morgan fingerprint density at radius 3 is 2.26 bits per heavy atom.